The lowest BCUT2D eigenvalue weighted by molar-refractivity contribution is 0.0982. The maximum atomic E-state index is 12.7. The van der Waals surface area contributed by atoms with Crippen LogP contribution in [0.4, 0.5) is 0 Å². The van der Waals surface area contributed by atoms with Gasteiger partial charge in [0.15, 0.2) is 5.78 Å². The SMILES string of the molecule is COc1ccc(C(=O)CCC2=CC=C(c3ccccc3)C2Cc2ccco2)cc1. The Bertz CT molecular complexity index is 1010. The Hall–Kier alpha value is -3.33. The highest BCUT2D eigenvalue weighted by Gasteiger charge is 2.25. The first-order chi connectivity index (χ1) is 14.2. The van der Waals surface area contributed by atoms with Gasteiger partial charge < -0.3 is 9.15 Å². The molecule has 1 atom stereocenters. The van der Waals surface area contributed by atoms with Crippen molar-refractivity contribution in [2.75, 3.05) is 7.11 Å². The van der Waals surface area contributed by atoms with Gasteiger partial charge in [0.1, 0.15) is 11.5 Å². The number of furan rings is 1. The van der Waals surface area contributed by atoms with Gasteiger partial charge in [-0.1, -0.05) is 48.1 Å². The lowest BCUT2D eigenvalue weighted by atomic mass is 9.85. The fourth-order valence-corrected chi connectivity index (χ4v) is 3.86. The summed E-state index contributed by atoms with van der Waals surface area (Å²) in [5.74, 6) is 2.10. The molecule has 1 aliphatic rings. The van der Waals surface area contributed by atoms with Crippen molar-refractivity contribution in [3.63, 3.8) is 0 Å². The maximum absolute atomic E-state index is 12.7. The van der Waals surface area contributed by atoms with Crippen LogP contribution in [0.15, 0.2) is 95.1 Å². The Morgan fingerprint density at radius 3 is 2.45 bits per heavy atom. The van der Waals surface area contributed by atoms with Crippen molar-refractivity contribution in [2.45, 2.75) is 19.3 Å². The Labute approximate surface area is 171 Å². The van der Waals surface area contributed by atoms with Gasteiger partial charge in [-0.2, -0.15) is 0 Å². The van der Waals surface area contributed by atoms with Gasteiger partial charge in [-0.05, 0) is 54.0 Å². The molecule has 2 aromatic carbocycles. The van der Waals surface area contributed by atoms with Crippen LogP contribution in [0, 0.1) is 5.92 Å². The number of benzene rings is 2. The molecule has 3 nitrogen and oxygen atoms in total. The highest BCUT2D eigenvalue weighted by atomic mass is 16.5. The normalized spacial score (nSPS) is 15.7. The average molecular weight is 384 g/mol. The number of methoxy groups -OCH3 is 1. The molecule has 0 fully saturated rings. The van der Waals surface area contributed by atoms with E-state index < -0.39 is 0 Å². The zero-order valence-electron chi connectivity index (χ0n) is 16.5. The van der Waals surface area contributed by atoms with Crippen LogP contribution >= 0.6 is 0 Å². The van der Waals surface area contributed by atoms with Crippen LogP contribution in [0.5, 0.6) is 5.75 Å². The third kappa shape index (κ3) is 4.40. The quantitative estimate of drug-likeness (QED) is 0.438. The summed E-state index contributed by atoms with van der Waals surface area (Å²) in [5.41, 5.74) is 4.51. The van der Waals surface area contributed by atoms with E-state index >= 15 is 0 Å². The van der Waals surface area contributed by atoms with E-state index in [0.717, 1.165) is 29.9 Å². The van der Waals surface area contributed by atoms with E-state index in [4.69, 9.17) is 9.15 Å². The molecule has 0 N–H and O–H groups in total. The number of carbonyl (C=O) groups excluding carboxylic acids is 1. The molecule has 0 amide bonds. The number of allylic oxidation sites excluding steroid dienone is 4. The average Bonchev–Trinajstić information content (AvgIpc) is 3.43. The first-order valence-corrected chi connectivity index (χ1v) is 9.90. The topological polar surface area (TPSA) is 39.4 Å². The van der Waals surface area contributed by atoms with Crippen molar-refractivity contribution in [1.82, 2.24) is 0 Å². The van der Waals surface area contributed by atoms with E-state index in [1.165, 1.54) is 16.7 Å². The van der Waals surface area contributed by atoms with E-state index in [-0.39, 0.29) is 11.7 Å². The maximum Gasteiger partial charge on any atom is 0.163 e. The Morgan fingerprint density at radius 2 is 1.76 bits per heavy atom. The smallest absolute Gasteiger partial charge is 0.163 e. The molecule has 0 spiro atoms. The van der Waals surface area contributed by atoms with Gasteiger partial charge in [0, 0.05) is 24.3 Å². The molecule has 29 heavy (non-hydrogen) atoms. The number of hydrogen-bond acceptors (Lipinski definition) is 3. The van der Waals surface area contributed by atoms with Crippen LogP contribution in [0.1, 0.15) is 34.5 Å². The van der Waals surface area contributed by atoms with Crippen LogP contribution in [-0.4, -0.2) is 12.9 Å². The van der Waals surface area contributed by atoms with Gasteiger partial charge >= 0.3 is 0 Å². The largest absolute Gasteiger partial charge is 0.497 e. The summed E-state index contributed by atoms with van der Waals surface area (Å²) >= 11 is 0. The second kappa shape index (κ2) is 8.78. The highest BCUT2D eigenvalue weighted by molar-refractivity contribution is 5.96. The molecule has 1 heterocycles. The van der Waals surface area contributed by atoms with Crippen LogP contribution in [0.3, 0.4) is 0 Å². The zero-order valence-corrected chi connectivity index (χ0v) is 16.5. The second-order valence-electron chi connectivity index (χ2n) is 7.22. The zero-order chi connectivity index (χ0) is 20.1. The van der Waals surface area contributed by atoms with Crippen molar-refractivity contribution in [2.24, 2.45) is 5.92 Å². The molecule has 3 aromatic rings. The number of Topliss-reactive ketones (excluding diaryl/α,β-unsaturated/α-hetero) is 1. The van der Waals surface area contributed by atoms with Crippen molar-refractivity contribution in [3.8, 4) is 5.75 Å². The molecule has 0 radical (unpaired) electrons. The van der Waals surface area contributed by atoms with Gasteiger partial charge in [-0.25, -0.2) is 0 Å². The van der Waals surface area contributed by atoms with E-state index in [1.807, 2.05) is 42.5 Å². The van der Waals surface area contributed by atoms with Gasteiger partial charge in [0.2, 0.25) is 0 Å². The summed E-state index contributed by atoms with van der Waals surface area (Å²) in [7, 11) is 1.62. The summed E-state index contributed by atoms with van der Waals surface area (Å²) in [6.45, 7) is 0. The van der Waals surface area contributed by atoms with Crippen LogP contribution in [-0.2, 0) is 6.42 Å². The van der Waals surface area contributed by atoms with Gasteiger partial charge in [0.05, 0.1) is 13.4 Å². The van der Waals surface area contributed by atoms with Gasteiger partial charge in [-0.15, -0.1) is 0 Å². The number of hydrogen-bond donors (Lipinski definition) is 0. The molecule has 0 saturated heterocycles. The molecule has 1 aromatic heterocycles. The van der Waals surface area contributed by atoms with E-state index in [2.05, 4.69) is 36.4 Å². The second-order valence-corrected chi connectivity index (χ2v) is 7.22. The summed E-state index contributed by atoms with van der Waals surface area (Å²) in [6.07, 6.45) is 8.11. The lowest BCUT2D eigenvalue weighted by Crippen LogP contribution is -2.09. The van der Waals surface area contributed by atoms with Crippen LogP contribution in [0.25, 0.3) is 5.57 Å². The molecule has 1 unspecified atom stereocenters. The Kier molecular flexibility index (Phi) is 5.76. The monoisotopic (exact) mass is 384 g/mol. The number of rotatable bonds is 8. The Balaban J connectivity index is 1.47. The molecule has 1 aliphatic carbocycles. The number of carbonyl (C=O) groups is 1. The molecular weight excluding hydrogens is 360 g/mol. The highest BCUT2D eigenvalue weighted by Crippen LogP contribution is 2.39. The standard InChI is InChI=1S/C26H24O3/c1-28-22-13-9-21(10-14-22)26(27)16-12-20-11-15-24(19-6-3-2-4-7-19)25(20)18-23-8-5-17-29-23/h2-11,13-15,17,25H,12,16,18H2,1H3. The fourth-order valence-electron chi connectivity index (χ4n) is 3.86. The predicted octanol–water partition coefficient (Wildman–Crippen LogP) is 6.13. The third-order valence-electron chi connectivity index (χ3n) is 5.45. The molecule has 0 saturated carbocycles. The lowest BCUT2D eigenvalue weighted by Gasteiger charge is -2.19. The van der Waals surface area contributed by atoms with E-state index in [1.54, 1.807) is 13.4 Å². The summed E-state index contributed by atoms with van der Waals surface area (Å²) in [5, 5.41) is 0. The predicted molar refractivity (Wildman–Crippen MR) is 115 cm³/mol. The molecule has 3 heteroatoms. The van der Waals surface area contributed by atoms with Crippen LogP contribution < -0.4 is 4.74 Å². The summed E-state index contributed by atoms with van der Waals surface area (Å²) < 4.78 is 10.8. The summed E-state index contributed by atoms with van der Waals surface area (Å²) in [6, 6.07) is 21.7. The minimum absolute atomic E-state index is 0.151. The molecule has 146 valence electrons. The van der Waals surface area contributed by atoms with E-state index in [0.29, 0.717) is 6.42 Å². The van der Waals surface area contributed by atoms with Crippen molar-refractivity contribution in [3.05, 3.63) is 108 Å². The molecular formula is C26H24O3. The number of ketones is 1. The molecule has 0 bridgehead atoms. The van der Waals surface area contributed by atoms with Crippen molar-refractivity contribution in [1.29, 1.82) is 0 Å². The first kappa shape index (κ1) is 19.0. The van der Waals surface area contributed by atoms with E-state index in [9.17, 15) is 4.79 Å². The minimum atomic E-state index is 0.151. The third-order valence-corrected chi connectivity index (χ3v) is 5.45. The first-order valence-electron chi connectivity index (χ1n) is 9.90. The van der Waals surface area contributed by atoms with Crippen molar-refractivity contribution >= 4 is 11.4 Å². The van der Waals surface area contributed by atoms with Gasteiger partial charge in [0.25, 0.3) is 0 Å². The van der Waals surface area contributed by atoms with Crippen molar-refractivity contribution < 1.29 is 13.9 Å². The summed E-state index contributed by atoms with van der Waals surface area (Å²) in [4.78, 5) is 12.7. The fraction of sp³-hybridized carbons (Fsp3) is 0.192. The molecule has 0 aliphatic heterocycles. The van der Waals surface area contributed by atoms with Gasteiger partial charge in [-0.3, -0.25) is 4.79 Å². The minimum Gasteiger partial charge on any atom is -0.497 e. The number of ether oxygens (including phenoxy) is 1. The molecule has 4 rings (SSSR count). The Morgan fingerprint density at radius 1 is 0.966 bits per heavy atom. The van der Waals surface area contributed by atoms with Crippen LogP contribution in [0.2, 0.25) is 0 Å².